The lowest BCUT2D eigenvalue weighted by Crippen LogP contribution is -2.32. The van der Waals surface area contributed by atoms with Crippen LogP contribution in [0.5, 0.6) is 0 Å². The van der Waals surface area contributed by atoms with Crippen LogP contribution in [0.2, 0.25) is 0 Å². The van der Waals surface area contributed by atoms with Gasteiger partial charge in [0.1, 0.15) is 0 Å². The average molecular weight is 331 g/mol. The van der Waals surface area contributed by atoms with Crippen molar-refractivity contribution in [1.29, 1.82) is 0 Å². The van der Waals surface area contributed by atoms with E-state index in [0.717, 1.165) is 5.56 Å². The number of hydrogen-bond donors (Lipinski definition) is 1. The monoisotopic (exact) mass is 330 g/mol. The van der Waals surface area contributed by atoms with Crippen molar-refractivity contribution >= 4 is 33.4 Å². The van der Waals surface area contributed by atoms with Gasteiger partial charge in [0.25, 0.3) is 5.69 Å². The number of nitro benzene ring substituents is 1. The smallest absolute Gasteiger partial charge is 0.283 e. The molecule has 1 aromatic carbocycles. The van der Waals surface area contributed by atoms with E-state index in [9.17, 15) is 10.1 Å². The van der Waals surface area contributed by atoms with E-state index in [-0.39, 0.29) is 10.6 Å². The van der Waals surface area contributed by atoms with Gasteiger partial charge in [0.2, 0.25) is 0 Å². The maximum Gasteiger partial charge on any atom is 0.283 e. The molecule has 1 N–H and O–H groups in total. The van der Waals surface area contributed by atoms with Gasteiger partial charge in [-0.2, -0.15) is 11.8 Å². The molecule has 0 aliphatic carbocycles. The molecular formula is C12H15BrN2O2S. The maximum atomic E-state index is 10.8. The highest BCUT2D eigenvalue weighted by Crippen LogP contribution is 2.26. The largest absolute Gasteiger partial charge is 0.310 e. The first kappa shape index (κ1) is 13.8. The number of halogens is 1. The van der Waals surface area contributed by atoms with Crippen molar-refractivity contribution in [2.45, 2.75) is 25.4 Å². The van der Waals surface area contributed by atoms with Gasteiger partial charge >= 0.3 is 0 Å². The summed E-state index contributed by atoms with van der Waals surface area (Å²) in [5, 5.41) is 14.3. The summed E-state index contributed by atoms with van der Waals surface area (Å²) in [7, 11) is 0. The SMILES string of the molecule is O=[N+]([O-])c1cc(CNC2CCSCC2)ccc1Br. The van der Waals surface area contributed by atoms with E-state index in [2.05, 4.69) is 21.2 Å². The fraction of sp³-hybridized carbons (Fsp3) is 0.500. The van der Waals surface area contributed by atoms with Crippen LogP contribution in [0, 0.1) is 10.1 Å². The molecule has 0 atom stereocenters. The topological polar surface area (TPSA) is 55.2 Å². The van der Waals surface area contributed by atoms with Crippen LogP contribution in [0.25, 0.3) is 0 Å². The summed E-state index contributed by atoms with van der Waals surface area (Å²) in [6, 6.07) is 5.84. The molecule has 4 nitrogen and oxygen atoms in total. The molecule has 18 heavy (non-hydrogen) atoms. The van der Waals surface area contributed by atoms with Gasteiger partial charge in [0.05, 0.1) is 9.40 Å². The Morgan fingerprint density at radius 3 is 2.83 bits per heavy atom. The average Bonchev–Trinajstić information content (AvgIpc) is 2.38. The van der Waals surface area contributed by atoms with Gasteiger partial charge in [0, 0.05) is 18.7 Å². The third-order valence-corrected chi connectivity index (χ3v) is 4.74. The molecule has 6 heteroatoms. The molecule has 0 saturated carbocycles. The summed E-state index contributed by atoms with van der Waals surface area (Å²) in [5.74, 6) is 2.41. The third-order valence-electron chi connectivity index (χ3n) is 3.02. The molecule has 0 bridgehead atoms. The first-order chi connectivity index (χ1) is 8.66. The van der Waals surface area contributed by atoms with Gasteiger partial charge in [-0.05, 0) is 51.9 Å². The molecule has 0 radical (unpaired) electrons. The number of benzene rings is 1. The number of nitro groups is 1. The fourth-order valence-corrected chi connectivity index (χ4v) is 3.47. The van der Waals surface area contributed by atoms with E-state index in [1.807, 2.05) is 17.8 Å². The van der Waals surface area contributed by atoms with Crippen molar-refractivity contribution in [2.24, 2.45) is 0 Å². The quantitative estimate of drug-likeness (QED) is 0.679. The van der Waals surface area contributed by atoms with Crippen molar-refractivity contribution in [2.75, 3.05) is 11.5 Å². The number of thioether (sulfide) groups is 1. The van der Waals surface area contributed by atoms with E-state index in [1.165, 1.54) is 24.3 Å². The molecule has 1 heterocycles. The van der Waals surface area contributed by atoms with Gasteiger partial charge in [-0.25, -0.2) is 0 Å². The predicted octanol–water partition coefficient (Wildman–Crippen LogP) is 3.34. The van der Waals surface area contributed by atoms with E-state index < -0.39 is 0 Å². The lowest BCUT2D eigenvalue weighted by molar-refractivity contribution is -0.385. The Kier molecular flexibility index (Phi) is 5.03. The van der Waals surface area contributed by atoms with Crippen molar-refractivity contribution in [3.63, 3.8) is 0 Å². The molecule has 1 saturated heterocycles. The first-order valence-electron chi connectivity index (χ1n) is 5.91. The van der Waals surface area contributed by atoms with E-state index in [1.54, 1.807) is 12.1 Å². The van der Waals surface area contributed by atoms with Crippen LogP contribution in [0.4, 0.5) is 5.69 Å². The number of hydrogen-bond acceptors (Lipinski definition) is 4. The van der Waals surface area contributed by atoms with E-state index in [0.29, 0.717) is 17.1 Å². The number of nitrogens with zero attached hydrogens (tertiary/aromatic N) is 1. The normalized spacial score (nSPS) is 16.7. The van der Waals surface area contributed by atoms with Crippen LogP contribution < -0.4 is 5.32 Å². The summed E-state index contributed by atoms with van der Waals surface area (Å²) < 4.78 is 0.533. The van der Waals surface area contributed by atoms with E-state index >= 15 is 0 Å². The summed E-state index contributed by atoms with van der Waals surface area (Å²) in [5.41, 5.74) is 1.09. The lowest BCUT2D eigenvalue weighted by Gasteiger charge is -2.22. The highest BCUT2D eigenvalue weighted by Gasteiger charge is 2.15. The summed E-state index contributed by atoms with van der Waals surface area (Å²) in [6.07, 6.45) is 2.37. The molecule has 1 aliphatic heterocycles. The number of rotatable bonds is 4. The van der Waals surface area contributed by atoms with Gasteiger partial charge in [-0.15, -0.1) is 0 Å². The molecule has 98 valence electrons. The Labute approximate surface area is 119 Å². The molecule has 1 fully saturated rings. The minimum absolute atomic E-state index is 0.133. The fourth-order valence-electron chi connectivity index (χ4n) is 1.97. The molecular weight excluding hydrogens is 316 g/mol. The number of nitrogens with one attached hydrogen (secondary N) is 1. The molecule has 0 spiro atoms. The van der Waals surface area contributed by atoms with Crippen LogP contribution in [-0.2, 0) is 6.54 Å². The van der Waals surface area contributed by atoms with Crippen molar-refractivity contribution in [3.8, 4) is 0 Å². The third kappa shape index (κ3) is 3.70. The summed E-state index contributed by atoms with van der Waals surface area (Å²) >= 11 is 5.19. The lowest BCUT2D eigenvalue weighted by atomic mass is 10.1. The Morgan fingerprint density at radius 1 is 1.44 bits per heavy atom. The van der Waals surface area contributed by atoms with Crippen LogP contribution >= 0.6 is 27.7 Å². The van der Waals surface area contributed by atoms with Crippen molar-refractivity contribution < 1.29 is 4.92 Å². The minimum atomic E-state index is -0.356. The van der Waals surface area contributed by atoms with Gasteiger partial charge in [0.15, 0.2) is 0 Å². The van der Waals surface area contributed by atoms with Gasteiger partial charge in [-0.3, -0.25) is 10.1 Å². The zero-order chi connectivity index (χ0) is 13.0. The molecule has 0 unspecified atom stereocenters. The Balaban J connectivity index is 1.96. The van der Waals surface area contributed by atoms with Crippen LogP contribution in [0.1, 0.15) is 18.4 Å². The Bertz CT molecular complexity index is 436. The van der Waals surface area contributed by atoms with E-state index in [4.69, 9.17) is 0 Å². The van der Waals surface area contributed by atoms with Crippen LogP contribution in [-0.4, -0.2) is 22.5 Å². The zero-order valence-electron chi connectivity index (χ0n) is 9.89. The Morgan fingerprint density at radius 2 is 2.17 bits per heavy atom. The standard InChI is InChI=1S/C12H15BrN2O2S/c13-11-2-1-9(7-12(11)15(16)17)8-14-10-3-5-18-6-4-10/h1-2,7,10,14H,3-6,8H2. The van der Waals surface area contributed by atoms with Crippen LogP contribution in [0.3, 0.4) is 0 Å². The molecule has 0 aromatic heterocycles. The highest BCUT2D eigenvalue weighted by atomic mass is 79.9. The zero-order valence-corrected chi connectivity index (χ0v) is 12.3. The summed E-state index contributed by atoms with van der Waals surface area (Å²) in [6.45, 7) is 0.698. The van der Waals surface area contributed by atoms with Crippen molar-refractivity contribution in [3.05, 3.63) is 38.3 Å². The molecule has 1 aliphatic rings. The molecule has 0 amide bonds. The molecule has 2 rings (SSSR count). The second kappa shape index (κ2) is 6.54. The second-order valence-corrected chi connectivity index (χ2v) is 6.39. The molecule has 1 aromatic rings. The second-order valence-electron chi connectivity index (χ2n) is 4.31. The predicted molar refractivity (Wildman–Crippen MR) is 78.0 cm³/mol. The Hall–Kier alpha value is -0.590. The first-order valence-corrected chi connectivity index (χ1v) is 7.85. The minimum Gasteiger partial charge on any atom is -0.310 e. The highest BCUT2D eigenvalue weighted by molar-refractivity contribution is 9.10. The van der Waals surface area contributed by atoms with Crippen molar-refractivity contribution in [1.82, 2.24) is 5.32 Å². The maximum absolute atomic E-state index is 10.8. The van der Waals surface area contributed by atoms with Gasteiger partial charge < -0.3 is 5.32 Å². The van der Waals surface area contributed by atoms with Crippen LogP contribution in [0.15, 0.2) is 22.7 Å². The van der Waals surface area contributed by atoms with Gasteiger partial charge in [-0.1, -0.05) is 6.07 Å². The summed E-state index contributed by atoms with van der Waals surface area (Å²) in [4.78, 5) is 10.5.